The molecule has 0 aromatic rings. The van der Waals surface area contributed by atoms with Gasteiger partial charge in [-0.15, -0.1) is 0 Å². The van der Waals surface area contributed by atoms with Crippen LogP contribution in [0.15, 0.2) is 0 Å². The lowest BCUT2D eigenvalue weighted by atomic mass is 10.1. The van der Waals surface area contributed by atoms with E-state index in [1.165, 1.54) is 0 Å². The summed E-state index contributed by atoms with van der Waals surface area (Å²) in [6.45, 7) is 9.79. The average Bonchev–Trinajstić information content (AvgIpc) is 2.08. The molecule has 1 heterocycles. The zero-order chi connectivity index (χ0) is 6.91. The third-order valence-electron chi connectivity index (χ3n) is 1.75. The van der Waals surface area contributed by atoms with Crippen molar-refractivity contribution in [2.24, 2.45) is 0 Å². The van der Waals surface area contributed by atoms with Crippen LogP contribution in [0.5, 0.6) is 0 Å². The summed E-state index contributed by atoms with van der Waals surface area (Å²) >= 11 is 0. The molecule has 0 saturated carbocycles. The van der Waals surface area contributed by atoms with Crippen LogP contribution in [-0.4, -0.2) is 30.2 Å². The lowest BCUT2D eigenvalue weighted by Gasteiger charge is -2.30. The fraction of sp³-hybridized carbons (Fsp3) is 1.00. The van der Waals surface area contributed by atoms with Gasteiger partial charge in [-0.2, -0.15) is 0 Å². The molecule has 0 N–H and O–H groups in total. The second-order valence-electron chi connectivity index (χ2n) is 3.52. The molecule has 0 unspecified atom stereocenters. The summed E-state index contributed by atoms with van der Waals surface area (Å²) < 4.78 is 0. The normalized spacial score (nSPS) is 23.0. The topological polar surface area (TPSA) is 17.3 Å². The molecule has 0 aliphatic carbocycles. The molecule has 0 spiro atoms. The Morgan fingerprint density at radius 1 is 1.33 bits per heavy atom. The molecule has 53 valence electrons. The molecule has 1 radical (unpaired) electrons. The molecule has 0 aromatic carbocycles. The van der Waals surface area contributed by atoms with E-state index in [1.54, 1.807) is 0 Å². The number of nitrogens with zero attached hydrogens (tertiary/aromatic N) is 2. The lowest BCUT2D eigenvalue weighted by Crippen LogP contribution is -2.39. The fourth-order valence-corrected chi connectivity index (χ4v) is 1.00. The Bertz CT molecular complexity index is 87.6. The minimum Gasteiger partial charge on any atom is -0.283 e. The second kappa shape index (κ2) is 2.27. The molecule has 0 bridgehead atoms. The molecule has 9 heavy (non-hydrogen) atoms. The molecule has 0 amide bonds. The van der Waals surface area contributed by atoms with Crippen LogP contribution in [0.25, 0.3) is 0 Å². The van der Waals surface area contributed by atoms with Crippen molar-refractivity contribution in [3.63, 3.8) is 0 Å². The second-order valence-corrected chi connectivity index (χ2v) is 3.52. The van der Waals surface area contributed by atoms with Crippen LogP contribution < -0.4 is 5.32 Å². The SMILES string of the molecule is CC(C)(C)N1CC[N]C1. The van der Waals surface area contributed by atoms with Crippen molar-refractivity contribution in [2.45, 2.75) is 26.3 Å². The van der Waals surface area contributed by atoms with Gasteiger partial charge in [-0.3, -0.25) is 4.90 Å². The fourth-order valence-electron chi connectivity index (χ4n) is 1.00. The van der Waals surface area contributed by atoms with E-state index in [1.807, 2.05) is 0 Å². The largest absolute Gasteiger partial charge is 0.283 e. The molecular weight excluding hydrogens is 112 g/mol. The van der Waals surface area contributed by atoms with Crippen molar-refractivity contribution in [1.29, 1.82) is 0 Å². The number of rotatable bonds is 0. The highest BCUT2D eigenvalue weighted by molar-refractivity contribution is 4.79. The molecule has 1 rings (SSSR count). The van der Waals surface area contributed by atoms with Crippen LogP contribution in [0.4, 0.5) is 0 Å². The van der Waals surface area contributed by atoms with E-state index in [2.05, 4.69) is 31.0 Å². The van der Waals surface area contributed by atoms with Gasteiger partial charge in [-0.05, 0) is 20.8 Å². The highest BCUT2D eigenvalue weighted by Gasteiger charge is 2.23. The number of hydrogen-bond acceptors (Lipinski definition) is 1. The van der Waals surface area contributed by atoms with Gasteiger partial charge in [-0.1, -0.05) is 0 Å². The highest BCUT2D eigenvalue weighted by Crippen LogP contribution is 2.13. The van der Waals surface area contributed by atoms with Gasteiger partial charge in [0.05, 0.1) is 6.67 Å². The van der Waals surface area contributed by atoms with Crippen molar-refractivity contribution >= 4 is 0 Å². The summed E-state index contributed by atoms with van der Waals surface area (Å²) in [4.78, 5) is 2.38. The molecule has 1 aliphatic rings. The van der Waals surface area contributed by atoms with Crippen LogP contribution in [0.2, 0.25) is 0 Å². The Balaban J connectivity index is 2.42. The monoisotopic (exact) mass is 127 g/mol. The van der Waals surface area contributed by atoms with Gasteiger partial charge in [0.1, 0.15) is 0 Å². The third-order valence-corrected chi connectivity index (χ3v) is 1.75. The van der Waals surface area contributed by atoms with Gasteiger partial charge in [0.15, 0.2) is 0 Å². The van der Waals surface area contributed by atoms with Gasteiger partial charge in [-0.25, -0.2) is 5.32 Å². The molecule has 1 saturated heterocycles. The van der Waals surface area contributed by atoms with E-state index in [9.17, 15) is 0 Å². The molecule has 2 heteroatoms. The maximum Gasteiger partial charge on any atom is 0.0654 e. The van der Waals surface area contributed by atoms with Crippen molar-refractivity contribution in [3.05, 3.63) is 0 Å². The summed E-state index contributed by atoms with van der Waals surface area (Å²) in [7, 11) is 0. The Morgan fingerprint density at radius 2 is 2.00 bits per heavy atom. The number of hydrogen-bond donors (Lipinski definition) is 0. The minimum absolute atomic E-state index is 0.319. The summed E-state index contributed by atoms with van der Waals surface area (Å²) in [6, 6.07) is 0. The lowest BCUT2D eigenvalue weighted by molar-refractivity contribution is 0.172. The molecular formula is C7H15N2. The Hall–Kier alpha value is -0.0800. The van der Waals surface area contributed by atoms with Crippen LogP contribution in [0.3, 0.4) is 0 Å². The van der Waals surface area contributed by atoms with Gasteiger partial charge < -0.3 is 0 Å². The minimum atomic E-state index is 0.319. The summed E-state index contributed by atoms with van der Waals surface area (Å²) in [6.07, 6.45) is 0. The van der Waals surface area contributed by atoms with Crippen molar-refractivity contribution in [2.75, 3.05) is 19.8 Å². The highest BCUT2D eigenvalue weighted by atomic mass is 15.3. The molecule has 0 atom stereocenters. The van der Waals surface area contributed by atoms with E-state index in [0.717, 1.165) is 19.8 Å². The van der Waals surface area contributed by atoms with Crippen molar-refractivity contribution < 1.29 is 0 Å². The smallest absolute Gasteiger partial charge is 0.0654 e. The zero-order valence-corrected chi connectivity index (χ0v) is 6.52. The quantitative estimate of drug-likeness (QED) is 0.467. The van der Waals surface area contributed by atoms with Gasteiger partial charge in [0, 0.05) is 18.6 Å². The van der Waals surface area contributed by atoms with Crippen LogP contribution in [0, 0.1) is 0 Å². The first kappa shape index (κ1) is 7.03. The molecule has 2 nitrogen and oxygen atoms in total. The predicted molar refractivity (Wildman–Crippen MR) is 38.3 cm³/mol. The van der Waals surface area contributed by atoms with E-state index in [0.29, 0.717) is 5.54 Å². The van der Waals surface area contributed by atoms with Crippen LogP contribution >= 0.6 is 0 Å². The van der Waals surface area contributed by atoms with E-state index >= 15 is 0 Å². The van der Waals surface area contributed by atoms with Gasteiger partial charge >= 0.3 is 0 Å². The summed E-state index contributed by atoms with van der Waals surface area (Å²) in [5.74, 6) is 0. The van der Waals surface area contributed by atoms with Gasteiger partial charge in [0.2, 0.25) is 0 Å². The average molecular weight is 127 g/mol. The van der Waals surface area contributed by atoms with E-state index in [4.69, 9.17) is 0 Å². The molecule has 1 aliphatic heterocycles. The Kier molecular flexibility index (Phi) is 1.78. The van der Waals surface area contributed by atoms with Crippen LogP contribution in [0.1, 0.15) is 20.8 Å². The standard InChI is InChI=1S/C7H15N2/c1-7(2,3)9-5-4-8-6-9/h4-6H2,1-3H3. The summed E-state index contributed by atoms with van der Waals surface area (Å²) in [5, 5.41) is 4.26. The maximum absolute atomic E-state index is 4.26. The van der Waals surface area contributed by atoms with E-state index < -0.39 is 0 Å². The van der Waals surface area contributed by atoms with Gasteiger partial charge in [0.25, 0.3) is 0 Å². The summed E-state index contributed by atoms with van der Waals surface area (Å²) in [5.41, 5.74) is 0.319. The first-order chi connectivity index (χ1) is 4.11. The maximum atomic E-state index is 4.26. The molecule has 1 fully saturated rings. The Labute approximate surface area is 57.2 Å². The molecule has 0 aromatic heterocycles. The van der Waals surface area contributed by atoms with E-state index in [-0.39, 0.29) is 0 Å². The van der Waals surface area contributed by atoms with Crippen molar-refractivity contribution in [3.8, 4) is 0 Å². The predicted octanol–water partition coefficient (Wildman–Crippen LogP) is 0.662. The zero-order valence-electron chi connectivity index (χ0n) is 6.52. The first-order valence-electron chi connectivity index (χ1n) is 3.49. The first-order valence-corrected chi connectivity index (χ1v) is 3.49. The Morgan fingerprint density at radius 3 is 2.22 bits per heavy atom. The third kappa shape index (κ3) is 1.66. The van der Waals surface area contributed by atoms with Crippen LogP contribution in [-0.2, 0) is 0 Å². The van der Waals surface area contributed by atoms with Crippen molar-refractivity contribution in [1.82, 2.24) is 10.2 Å².